The van der Waals surface area contributed by atoms with Gasteiger partial charge >= 0.3 is 0 Å². The summed E-state index contributed by atoms with van der Waals surface area (Å²) < 4.78 is 12.7. The molecule has 82 valence electrons. The lowest BCUT2D eigenvalue weighted by Gasteiger charge is -2.39. The van der Waals surface area contributed by atoms with Crippen LogP contribution in [0.5, 0.6) is 0 Å². The first-order valence-electron chi connectivity index (χ1n) is 5.40. The summed E-state index contributed by atoms with van der Waals surface area (Å²) in [6, 6.07) is 3.74. The van der Waals surface area contributed by atoms with Crippen molar-refractivity contribution in [3.8, 4) is 0 Å². The highest BCUT2D eigenvalue weighted by Crippen LogP contribution is 2.16. The topological polar surface area (TPSA) is 28.2 Å². The monoisotopic (exact) mass is 209 g/mol. The highest BCUT2D eigenvalue weighted by molar-refractivity contribution is 5.40. The maximum atomic E-state index is 12.7. The van der Waals surface area contributed by atoms with Crippen molar-refractivity contribution in [2.24, 2.45) is 0 Å². The molecule has 1 saturated heterocycles. The van der Waals surface area contributed by atoms with E-state index in [0.29, 0.717) is 6.04 Å². The highest BCUT2D eigenvalue weighted by atomic mass is 19.1. The molecular weight excluding hydrogens is 193 g/mol. The zero-order valence-electron chi connectivity index (χ0n) is 8.91. The van der Waals surface area contributed by atoms with Crippen LogP contribution in [0.15, 0.2) is 18.3 Å². The van der Waals surface area contributed by atoms with Crippen LogP contribution in [-0.2, 0) is 0 Å². The molecule has 1 aliphatic heterocycles. The molecule has 4 heteroatoms. The van der Waals surface area contributed by atoms with Crippen LogP contribution in [0, 0.1) is 5.82 Å². The number of hydrogen-bond acceptors (Lipinski definition) is 3. The van der Waals surface area contributed by atoms with Crippen LogP contribution in [0.25, 0.3) is 0 Å². The van der Waals surface area contributed by atoms with Crippen molar-refractivity contribution in [1.29, 1.82) is 0 Å². The van der Waals surface area contributed by atoms with Crippen molar-refractivity contribution in [2.75, 3.05) is 24.5 Å². The average Bonchev–Trinajstić information content (AvgIpc) is 2.16. The third-order valence-electron chi connectivity index (χ3n) is 2.67. The quantitative estimate of drug-likeness (QED) is 0.812. The van der Waals surface area contributed by atoms with Crippen LogP contribution in [0.4, 0.5) is 10.2 Å². The largest absolute Gasteiger partial charge is 0.351 e. The number of nitrogens with one attached hydrogen (secondary N) is 1. The van der Waals surface area contributed by atoms with E-state index in [2.05, 4.69) is 22.1 Å². The molecule has 0 saturated carbocycles. The van der Waals surface area contributed by atoms with Crippen molar-refractivity contribution in [2.45, 2.75) is 19.4 Å². The average molecular weight is 209 g/mol. The number of anilines is 1. The molecule has 1 fully saturated rings. The van der Waals surface area contributed by atoms with Gasteiger partial charge in [-0.15, -0.1) is 0 Å². The highest BCUT2D eigenvalue weighted by Gasteiger charge is 2.24. The Bertz CT molecular complexity index is 308. The molecule has 2 heterocycles. The SMILES string of the molecule is CCCN(c1ccc(F)cn1)C1CNC1. The number of hydrogen-bond donors (Lipinski definition) is 1. The molecule has 2 rings (SSSR count). The fourth-order valence-electron chi connectivity index (χ4n) is 1.76. The second-order valence-corrected chi connectivity index (χ2v) is 3.84. The van der Waals surface area contributed by atoms with E-state index >= 15 is 0 Å². The third-order valence-corrected chi connectivity index (χ3v) is 2.67. The fourth-order valence-corrected chi connectivity index (χ4v) is 1.76. The summed E-state index contributed by atoms with van der Waals surface area (Å²) >= 11 is 0. The van der Waals surface area contributed by atoms with Crippen molar-refractivity contribution in [3.63, 3.8) is 0 Å². The zero-order chi connectivity index (χ0) is 10.7. The van der Waals surface area contributed by atoms with Gasteiger partial charge in [0.25, 0.3) is 0 Å². The molecular formula is C11H16FN3. The Morgan fingerprint density at radius 1 is 1.53 bits per heavy atom. The van der Waals surface area contributed by atoms with Crippen LogP contribution < -0.4 is 10.2 Å². The standard InChI is InChI=1S/C11H16FN3/c1-2-5-15(10-7-13-8-10)11-4-3-9(12)6-14-11/h3-4,6,10,13H,2,5,7-8H2,1H3. The van der Waals surface area contributed by atoms with Gasteiger partial charge in [-0.25, -0.2) is 9.37 Å². The van der Waals surface area contributed by atoms with Gasteiger partial charge in [0.1, 0.15) is 11.6 Å². The molecule has 1 aliphatic rings. The molecule has 3 nitrogen and oxygen atoms in total. The molecule has 0 radical (unpaired) electrons. The van der Waals surface area contributed by atoms with Crippen molar-refractivity contribution in [1.82, 2.24) is 10.3 Å². The Balaban J connectivity index is 2.12. The Kier molecular flexibility index (Phi) is 3.16. The van der Waals surface area contributed by atoms with Crippen LogP contribution in [-0.4, -0.2) is 30.7 Å². The minimum absolute atomic E-state index is 0.276. The van der Waals surface area contributed by atoms with Gasteiger partial charge in [-0.05, 0) is 18.6 Å². The van der Waals surface area contributed by atoms with E-state index in [1.54, 1.807) is 6.07 Å². The maximum absolute atomic E-state index is 12.7. The maximum Gasteiger partial charge on any atom is 0.141 e. The van der Waals surface area contributed by atoms with Gasteiger partial charge in [0.2, 0.25) is 0 Å². The lowest BCUT2D eigenvalue weighted by atomic mass is 10.1. The first-order chi connectivity index (χ1) is 7.31. The number of aromatic nitrogens is 1. The van der Waals surface area contributed by atoms with Gasteiger partial charge in [0, 0.05) is 19.6 Å². The van der Waals surface area contributed by atoms with E-state index in [4.69, 9.17) is 0 Å². The first-order valence-corrected chi connectivity index (χ1v) is 5.40. The minimum atomic E-state index is -0.276. The zero-order valence-corrected chi connectivity index (χ0v) is 8.91. The summed E-state index contributed by atoms with van der Waals surface area (Å²) in [6.07, 6.45) is 2.36. The Labute approximate surface area is 89.3 Å². The third kappa shape index (κ3) is 2.26. The van der Waals surface area contributed by atoms with E-state index in [1.165, 1.54) is 12.3 Å². The van der Waals surface area contributed by atoms with Crippen LogP contribution in [0.3, 0.4) is 0 Å². The molecule has 0 amide bonds. The fraction of sp³-hybridized carbons (Fsp3) is 0.545. The molecule has 1 aromatic heterocycles. The van der Waals surface area contributed by atoms with E-state index < -0.39 is 0 Å². The van der Waals surface area contributed by atoms with Crippen LogP contribution >= 0.6 is 0 Å². The predicted octanol–water partition coefficient (Wildman–Crippen LogP) is 1.41. The first kappa shape index (κ1) is 10.4. The van der Waals surface area contributed by atoms with Gasteiger partial charge in [0.15, 0.2) is 0 Å². The summed E-state index contributed by atoms with van der Waals surface area (Å²) in [5.41, 5.74) is 0. The smallest absolute Gasteiger partial charge is 0.141 e. The van der Waals surface area contributed by atoms with Crippen molar-refractivity contribution < 1.29 is 4.39 Å². The van der Waals surface area contributed by atoms with Gasteiger partial charge in [0.05, 0.1) is 12.2 Å². The van der Waals surface area contributed by atoms with E-state index in [-0.39, 0.29) is 5.82 Å². The molecule has 0 unspecified atom stereocenters. The lowest BCUT2D eigenvalue weighted by Crippen LogP contribution is -2.57. The Hall–Kier alpha value is -1.16. The number of nitrogens with zero attached hydrogens (tertiary/aromatic N) is 2. The van der Waals surface area contributed by atoms with Crippen LogP contribution in [0.1, 0.15) is 13.3 Å². The minimum Gasteiger partial charge on any atom is -0.351 e. The van der Waals surface area contributed by atoms with E-state index in [1.807, 2.05) is 0 Å². The van der Waals surface area contributed by atoms with Gasteiger partial charge < -0.3 is 10.2 Å². The molecule has 0 atom stereocenters. The summed E-state index contributed by atoms with van der Waals surface area (Å²) in [4.78, 5) is 6.37. The Morgan fingerprint density at radius 2 is 2.33 bits per heavy atom. The van der Waals surface area contributed by atoms with Crippen LogP contribution in [0.2, 0.25) is 0 Å². The Morgan fingerprint density at radius 3 is 2.80 bits per heavy atom. The number of rotatable bonds is 4. The molecule has 1 N–H and O–H groups in total. The molecule has 0 aromatic carbocycles. The summed E-state index contributed by atoms with van der Waals surface area (Å²) in [5, 5.41) is 3.24. The normalized spacial score (nSPS) is 16.1. The molecule has 1 aromatic rings. The van der Waals surface area contributed by atoms with Gasteiger partial charge in [-0.1, -0.05) is 6.92 Å². The van der Waals surface area contributed by atoms with Crippen molar-refractivity contribution in [3.05, 3.63) is 24.1 Å². The molecule has 15 heavy (non-hydrogen) atoms. The lowest BCUT2D eigenvalue weighted by molar-refractivity contribution is 0.410. The predicted molar refractivity (Wildman–Crippen MR) is 58.5 cm³/mol. The van der Waals surface area contributed by atoms with Gasteiger partial charge in [-0.3, -0.25) is 0 Å². The van der Waals surface area contributed by atoms with Crippen molar-refractivity contribution >= 4 is 5.82 Å². The van der Waals surface area contributed by atoms with Gasteiger partial charge in [-0.2, -0.15) is 0 Å². The molecule has 0 aliphatic carbocycles. The molecule has 0 bridgehead atoms. The number of pyridine rings is 1. The van der Waals surface area contributed by atoms with E-state index in [9.17, 15) is 4.39 Å². The second-order valence-electron chi connectivity index (χ2n) is 3.84. The van der Waals surface area contributed by atoms with E-state index in [0.717, 1.165) is 31.9 Å². The summed E-state index contributed by atoms with van der Waals surface area (Å²) in [6.45, 7) is 5.12. The molecule has 0 spiro atoms. The summed E-state index contributed by atoms with van der Waals surface area (Å²) in [5.74, 6) is 0.603. The summed E-state index contributed by atoms with van der Waals surface area (Å²) in [7, 11) is 0. The number of halogens is 1. The second kappa shape index (κ2) is 4.57.